The summed E-state index contributed by atoms with van der Waals surface area (Å²) in [6.07, 6.45) is 1.82. The molecule has 2 heterocycles. The fourth-order valence-corrected chi connectivity index (χ4v) is 16.2. The molecule has 29 heavy (non-hydrogen) atoms. The van der Waals surface area contributed by atoms with Gasteiger partial charge < -0.3 is 17.8 Å². The summed E-state index contributed by atoms with van der Waals surface area (Å²) in [5, 5.41) is 0. The Bertz CT molecular complexity index is 691. The number of hydrogen-bond acceptors (Lipinski definition) is 7. The average Bonchev–Trinajstić information content (AvgIpc) is 2.88. The maximum absolute atomic E-state index is 13.0. The molecule has 0 radical (unpaired) electrons. The molecule has 3 atom stereocenters. The van der Waals surface area contributed by atoms with Crippen molar-refractivity contribution in [2.45, 2.75) is 102 Å². The minimum Gasteiger partial charge on any atom is -0.414 e. The molecule has 2 saturated heterocycles. The molecular weight excluding hydrogens is 406 g/mol. The lowest BCUT2D eigenvalue weighted by Gasteiger charge is -2.46. The van der Waals surface area contributed by atoms with Crippen LogP contribution in [0.2, 0.25) is 22.2 Å². The van der Waals surface area contributed by atoms with E-state index in [0.29, 0.717) is 0 Å². The zero-order valence-corrected chi connectivity index (χ0v) is 20.8. The second kappa shape index (κ2) is 7.69. The lowest BCUT2D eigenvalue weighted by Crippen LogP contribution is -2.63. The number of hydrogen-bond donors (Lipinski definition) is 1. The summed E-state index contributed by atoms with van der Waals surface area (Å²) in [5.41, 5.74) is 2.50. The van der Waals surface area contributed by atoms with E-state index in [-0.39, 0.29) is 40.3 Å². The van der Waals surface area contributed by atoms with E-state index in [4.69, 9.17) is 17.8 Å². The van der Waals surface area contributed by atoms with Gasteiger partial charge in [-0.1, -0.05) is 61.5 Å². The van der Waals surface area contributed by atoms with E-state index >= 15 is 0 Å². The molecule has 7 nitrogen and oxygen atoms in total. The Labute approximate surface area is 176 Å². The van der Waals surface area contributed by atoms with Gasteiger partial charge >= 0.3 is 23.1 Å². The summed E-state index contributed by atoms with van der Waals surface area (Å²) in [7, 11) is -5.71. The first-order chi connectivity index (χ1) is 13.4. The van der Waals surface area contributed by atoms with Crippen molar-refractivity contribution in [3.05, 3.63) is 12.2 Å². The normalized spacial score (nSPS) is 33.7. The monoisotopic (exact) mass is 441 g/mol. The van der Waals surface area contributed by atoms with E-state index in [0.717, 1.165) is 0 Å². The van der Waals surface area contributed by atoms with E-state index in [1.165, 1.54) is 6.08 Å². The molecule has 0 amide bonds. The molecule has 2 aliphatic heterocycles. The first-order valence-corrected chi connectivity index (χ1v) is 14.6. The van der Waals surface area contributed by atoms with Gasteiger partial charge in [-0.05, 0) is 28.2 Å². The molecule has 3 aliphatic rings. The molecule has 1 spiro atoms. The van der Waals surface area contributed by atoms with E-state index in [2.05, 4.69) is 60.9 Å². The van der Waals surface area contributed by atoms with Crippen LogP contribution in [-0.4, -0.2) is 46.6 Å². The van der Waals surface area contributed by atoms with Gasteiger partial charge in [0, 0.05) is 0 Å². The molecule has 0 unspecified atom stereocenters. The molecule has 3 rings (SSSR count). The molecule has 0 aromatic rings. The number of rotatable bonds is 4. The largest absolute Gasteiger partial charge is 0.414 e. The van der Waals surface area contributed by atoms with Crippen molar-refractivity contribution in [3.8, 4) is 0 Å². The second-order valence-electron chi connectivity index (χ2n) is 9.77. The van der Waals surface area contributed by atoms with E-state index < -0.39 is 34.9 Å². The molecular formula is C20H35NO6Si2. The zero-order chi connectivity index (χ0) is 21.8. The van der Waals surface area contributed by atoms with Crippen molar-refractivity contribution in [1.82, 2.24) is 5.48 Å². The predicted octanol–water partition coefficient (Wildman–Crippen LogP) is 3.64. The van der Waals surface area contributed by atoms with Gasteiger partial charge in [-0.2, -0.15) is 0 Å². The SMILES string of the molecule is CC(C)[Si]1(C(C)C)O[C@@H]2C(=O)C=C[C@]3(CC(=O)ON3)[C@@H]2O[Si](C(C)C)(C(C)C)O1. The van der Waals surface area contributed by atoms with Gasteiger partial charge in [0.15, 0.2) is 5.78 Å². The summed E-state index contributed by atoms with van der Waals surface area (Å²) in [6.45, 7) is 17.0. The first kappa shape index (κ1) is 22.8. The Morgan fingerprint density at radius 2 is 1.45 bits per heavy atom. The molecule has 0 aromatic heterocycles. The summed E-state index contributed by atoms with van der Waals surface area (Å²) in [4.78, 5) is 30.1. The van der Waals surface area contributed by atoms with Crippen LogP contribution >= 0.6 is 0 Å². The van der Waals surface area contributed by atoms with Gasteiger partial charge in [-0.15, -0.1) is 5.48 Å². The third kappa shape index (κ3) is 3.49. The number of carbonyl (C=O) groups is 2. The highest BCUT2D eigenvalue weighted by Gasteiger charge is 2.66. The Morgan fingerprint density at radius 1 is 0.931 bits per heavy atom. The maximum atomic E-state index is 13.0. The van der Waals surface area contributed by atoms with Crippen molar-refractivity contribution in [2.24, 2.45) is 0 Å². The second-order valence-corrected chi connectivity index (χ2v) is 18.6. The summed E-state index contributed by atoms with van der Waals surface area (Å²) in [5.74, 6) is -0.505. The highest BCUT2D eigenvalue weighted by Crippen LogP contribution is 2.50. The summed E-state index contributed by atoms with van der Waals surface area (Å²) < 4.78 is 20.7. The van der Waals surface area contributed by atoms with Crippen LogP contribution in [0.5, 0.6) is 0 Å². The molecule has 1 aliphatic carbocycles. The molecule has 1 N–H and O–H groups in total. The molecule has 0 saturated carbocycles. The number of fused-ring (bicyclic) bond motifs is 2. The van der Waals surface area contributed by atoms with Gasteiger partial charge in [0.1, 0.15) is 17.7 Å². The quantitative estimate of drug-likeness (QED) is 0.667. The fraction of sp³-hybridized carbons (Fsp3) is 0.800. The van der Waals surface area contributed by atoms with Crippen LogP contribution in [0.15, 0.2) is 12.2 Å². The summed E-state index contributed by atoms with van der Waals surface area (Å²) in [6, 6.07) is 0. The van der Waals surface area contributed by atoms with Gasteiger partial charge in [-0.3, -0.25) is 9.59 Å². The lowest BCUT2D eigenvalue weighted by molar-refractivity contribution is -0.143. The van der Waals surface area contributed by atoms with Crippen molar-refractivity contribution in [3.63, 3.8) is 0 Å². The Kier molecular flexibility index (Phi) is 6.05. The molecule has 0 aromatic carbocycles. The zero-order valence-electron chi connectivity index (χ0n) is 18.8. The topological polar surface area (TPSA) is 83.1 Å². The van der Waals surface area contributed by atoms with Crippen LogP contribution < -0.4 is 5.48 Å². The van der Waals surface area contributed by atoms with Gasteiger partial charge in [0.2, 0.25) is 0 Å². The standard InChI is InChI=1S/C20H35NO6Si2/c1-12(2)28(13(3)4)25-18-16(22)9-10-20(11-17(23)24-21-20)19(18)26-29(27-28,14(5)6)15(7)8/h9-10,12-15,18-19,21H,11H2,1-8H3/t18-,19-,20+/m1/s1. The van der Waals surface area contributed by atoms with Crippen molar-refractivity contribution in [1.29, 1.82) is 0 Å². The molecule has 164 valence electrons. The van der Waals surface area contributed by atoms with Gasteiger partial charge in [0.05, 0.1) is 6.42 Å². The van der Waals surface area contributed by atoms with Crippen molar-refractivity contribution >= 4 is 28.9 Å². The average molecular weight is 442 g/mol. The Balaban J connectivity index is 2.22. The Morgan fingerprint density at radius 3 is 1.90 bits per heavy atom. The smallest absolute Gasteiger partial charge is 0.335 e. The number of nitrogens with one attached hydrogen (secondary N) is 1. The minimum absolute atomic E-state index is 0.0971. The lowest BCUT2D eigenvalue weighted by atomic mass is 9.81. The minimum atomic E-state index is -2.86. The number of ketones is 1. The molecule has 0 bridgehead atoms. The van der Waals surface area contributed by atoms with E-state index in [9.17, 15) is 9.59 Å². The van der Waals surface area contributed by atoms with Crippen LogP contribution in [0.3, 0.4) is 0 Å². The molecule has 9 heteroatoms. The third-order valence-electron chi connectivity index (χ3n) is 6.56. The van der Waals surface area contributed by atoms with Crippen LogP contribution in [0.25, 0.3) is 0 Å². The van der Waals surface area contributed by atoms with Gasteiger partial charge in [-0.25, -0.2) is 0 Å². The highest BCUT2D eigenvalue weighted by atomic mass is 28.5. The van der Waals surface area contributed by atoms with Crippen LogP contribution in [0.4, 0.5) is 0 Å². The van der Waals surface area contributed by atoms with Crippen LogP contribution in [0.1, 0.15) is 61.8 Å². The van der Waals surface area contributed by atoms with Crippen LogP contribution in [-0.2, 0) is 27.4 Å². The summed E-state index contributed by atoms with van der Waals surface area (Å²) >= 11 is 0. The van der Waals surface area contributed by atoms with Crippen LogP contribution in [0, 0.1) is 0 Å². The molecule has 2 fully saturated rings. The Hall–Kier alpha value is -0.846. The number of carbonyl (C=O) groups excluding carboxylic acids is 2. The van der Waals surface area contributed by atoms with Crippen molar-refractivity contribution in [2.75, 3.05) is 0 Å². The predicted molar refractivity (Wildman–Crippen MR) is 113 cm³/mol. The number of hydroxylamine groups is 1. The van der Waals surface area contributed by atoms with E-state index in [1.807, 2.05) is 0 Å². The van der Waals surface area contributed by atoms with Crippen molar-refractivity contribution < 1.29 is 27.4 Å². The first-order valence-electron chi connectivity index (χ1n) is 10.7. The maximum Gasteiger partial charge on any atom is 0.335 e. The fourth-order valence-electron chi connectivity index (χ4n) is 4.88. The highest BCUT2D eigenvalue weighted by molar-refractivity contribution is 6.84. The van der Waals surface area contributed by atoms with E-state index in [1.54, 1.807) is 6.08 Å². The van der Waals surface area contributed by atoms with Gasteiger partial charge in [0.25, 0.3) is 0 Å². The third-order valence-corrected chi connectivity index (χ3v) is 16.8.